The summed E-state index contributed by atoms with van der Waals surface area (Å²) in [5.41, 5.74) is 6.55. The van der Waals surface area contributed by atoms with E-state index in [4.69, 9.17) is 15.9 Å². The van der Waals surface area contributed by atoms with Crippen LogP contribution in [-0.4, -0.2) is 74.9 Å². The van der Waals surface area contributed by atoms with Gasteiger partial charge < -0.3 is 37.0 Å². The summed E-state index contributed by atoms with van der Waals surface area (Å²) in [6.07, 6.45) is -0.692. The predicted molar refractivity (Wildman–Crippen MR) is 115 cm³/mol. The van der Waals surface area contributed by atoms with E-state index in [1.54, 1.807) is 12.1 Å². The van der Waals surface area contributed by atoms with E-state index in [0.717, 1.165) is 0 Å². The Labute approximate surface area is 189 Å². The summed E-state index contributed by atoms with van der Waals surface area (Å²) < 4.78 is 0. The number of hydrogen-bond donors (Lipinski definition) is 8. The summed E-state index contributed by atoms with van der Waals surface area (Å²) in [7, 11) is 0. The molecule has 4 unspecified atom stereocenters. The zero-order valence-corrected chi connectivity index (χ0v) is 18.0. The van der Waals surface area contributed by atoms with Crippen molar-refractivity contribution in [1.82, 2.24) is 16.0 Å². The van der Waals surface area contributed by atoms with Gasteiger partial charge in [-0.3, -0.25) is 19.2 Å². The van der Waals surface area contributed by atoms with E-state index in [-0.39, 0.29) is 17.9 Å². The number of carboxylic acids is 2. The number of nitrogens with one attached hydrogen (secondary N) is 3. The minimum atomic E-state index is -1.69. The molecule has 0 saturated heterocycles. The number of carboxylic acid groups (broad SMARTS) is 2. The molecule has 4 atom stereocenters. The second-order valence-corrected chi connectivity index (χ2v) is 7.31. The predicted octanol–water partition coefficient (Wildman–Crippen LogP) is -1.77. The number of nitrogens with two attached hydrogens (primary N) is 1. The fraction of sp³-hybridized carbons (Fsp3) is 0.421. The minimum absolute atomic E-state index is 0.0671. The second kappa shape index (κ2) is 12.5. The molecule has 32 heavy (non-hydrogen) atoms. The molecule has 8 N–H and O–H groups in total. The van der Waals surface area contributed by atoms with Gasteiger partial charge in [-0.1, -0.05) is 12.1 Å². The van der Waals surface area contributed by atoms with E-state index in [2.05, 4.69) is 23.3 Å². The van der Waals surface area contributed by atoms with Crippen molar-refractivity contribution in [3.63, 3.8) is 0 Å². The Morgan fingerprint density at radius 3 is 2.00 bits per heavy atom. The van der Waals surface area contributed by atoms with Crippen molar-refractivity contribution < 1.29 is 39.3 Å². The Balaban J connectivity index is 2.64. The first-order valence-corrected chi connectivity index (χ1v) is 10.1. The van der Waals surface area contributed by atoms with Gasteiger partial charge in [0, 0.05) is 5.75 Å². The van der Waals surface area contributed by atoms with Crippen LogP contribution in [0.2, 0.25) is 0 Å². The van der Waals surface area contributed by atoms with Gasteiger partial charge in [-0.2, -0.15) is 12.6 Å². The first-order valence-electron chi connectivity index (χ1n) is 9.44. The Hall–Kier alpha value is -3.32. The molecule has 0 heterocycles. The van der Waals surface area contributed by atoms with Crippen LogP contribution in [0.15, 0.2) is 24.3 Å². The minimum Gasteiger partial charge on any atom is -0.508 e. The standard InChI is InChI=1S/C19H26N4O8S/c1-9(21-17(28)12(20)6-10-2-4-11(24)5-3-10)16(27)23-14(8-32)18(29)22-13(19(30)31)7-15(25)26/h2-5,9,12-14,24,32H,6-8,20H2,1H3,(H,21,28)(H,22,29)(H,23,27)(H,25,26)(H,30,31). The number of rotatable bonds is 12. The second-order valence-electron chi connectivity index (χ2n) is 6.95. The average molecular weight is 471 g/mol. The highest BCUT2D eigenvalue weighted by Crippen LogP contribution is 2.11. The maximum Gasteiger partial charge on any atom is 0.326 e. The molecular weight excluding hydrogens is 444 g/mol. The molecule has 0 aliphatic rings. The molecule has 0 aromatic heterocycles. The summed E-state index contributed by atoms with van der Waals surface area (Å²) in [6.45, 7) is 1.36. The van der Waals surface area contributed by atoms with E-state index in [1.807, 2.05) is 5.32 Å². The molecule has 0 saturated carbocycles. The van der Waals surface area contributed by atoms with Crippen LogP contribution < -0.4 is 21.7 Å². The number of carbonyl (C=O) groups excluding carboxylic acids is 3. The fourth-order valence-corrected chi connectivity index (χ4v) is 2.76. The number of phenolic OH excluding ortho intramolecular Hbond substituents is 1. The molecule has 12 nitrogen and oxygen atoms in total. The van der Waals surface area contributed by atoms with Crippen molar-refractivity contribution in [3.8, 4) is 5.75 Å². The van der Waals surface area contributed by atoms with Gasteiger partial charge in [0.15, 0.2) is 0 Å². The molecule has 0 aliphatic carbocycles. The van der Waals surface area contributed by atoms with E-state index >= 15 is 0 Å². The van der Waals surface area contributed by atoms with Gasteiger partial charge in [-0.05, 0) is 31.0 Å². The van der Waals surface area contributed by atoms with Crippen molar-refractivity contribution in [2.45, 2.75) is 43.9 Å². The Morgan fingerprint density at radius 2 is 1.50 bits per heavy atom. The maximum absolute atomic E-state index is 12.3. The topological polar surface area (TPSA) is 208 Å². The molecule has 0 aliphatic heterocycles. The van der Waals surface area contributed by atoms with Crippen LogP contribution in [0, 0.1) is 0 Å². The molecule has 1 rings (SSSR count). The van der Waals surface area contributed by atoms with Crippen LogP contribution >= 0.6 is 12.6 Å². The molecule has 176 valence electrons. The van der Waals surface area contributed by atoms with Crippen LogP contribution in [0.1, 0.15) is 18.9 Å². The SMILES string of the molecule is CC(NC(=O)C(N)Cc1ccc(O)cc1)C(=O)NC(CS)C(=O)NC(CC(=O)O)C(=O)O. The third-order valence-corrected chi connectivity index (χ3v) is 4.65. The lowest BCUT2D eigenvalue weighted by Gasteiger charge is -2.22. The van der Waals surface area contributed by atoms with Crippen LogP contribution in [0.4, 0.5) is 0 Å². The van der Waals surface area contributed by atoms with Crippen molar-refractivity contribution in [2.75, 3.05) is 5.75 Å². The monoisotopic (exact) mass is 470 g/mol. The highest BCUT2D eigenvalue weighted by Gasteiger charge is 2.29. The average Bonchev–Trinajstić information content (AvgIpc) is 2.72. The number of carbonyl (C=O) groups is 5. The Morgan fingerprint density at radius 1 is 0.938 bits per heavy atom. The lowest BCUT2D eigenvalue weighted by Crippen LogP contribution is -2.57. The molecular formula is C19H26N4O8S. The number of amides is 3. The zero-order valence-electron chi connectivity index (χ0n) is 17.1. The van der Waals surface area contributed by atoms with Gasteiger partial charge >= 0.3 is 11.9 Å². The summed E-state index contributed by atoms with van der Waals surface area (Å²) in [6, 6.07) is 1.07. The Bertz CT molecular complexity index is 848. The summed E-state index contributed by atoms with van der Waals surface area (Å²) in [5.74, 6) is -5.44. The molecule has 0 fully saturated rings. The number of phenols is 1. The third kappa shape index (κ3) is 8.81. The van der Waals surface area contributed by atoms with Gasteiger partial charge in [-0.25, -0.2) is 4.79 Å². The molecule has 3 amide bonds. The third-order valence-electron chi connectivity index (χ3n) is 4.29. The fourth-order valence-electron chi connectivity index (χ4n) is 2.50. The lowest BCUT2D eigenvalue weighted by molar-refractivity contribution is -0.147. The van der Waals surface area contributed by atoms with Crippen LogP contribution in [0.25, 0.3) is 0 Å². The largest absolute Gasteiger partial charge is 0.508 e. The van der Waals surface area contributed by atoms with E-state index in [0.29, 0.717) is 5.56 Å². The van der Waals surface area contributed by atoms with Gasteiger partial charge in [0.05, 0.1) is 12.5 Å². The van der Waals surface area contributed by atoms with Crippen LogP contribution in [-0.2, 0) is 30.4 Å². The molecule has 1 aromatic rings. The number of thiol groups is 1. The summed E-state index contributed by atoms with van der Waals surface area (Å²) >= 11 is 3.94. The van der Waals surface area contributed by atoms with Gasteiger partial charge in [0.1, 0.15) is 23.9 Å². The molecule has 0 radical (unpaired) electrons. The maximum atomic E-state index is 12.3. The normalized spacial score (nSPS) is 14.3. The first kappa shape index (κ1) is 26.7. The quantitative estimate of drug-likeness (QED) is 0.162. The highest BCUT2D eigenvalue weighted by atomic mass is 32.1. The first-order chi connectivity index (χ1) is 14.9. The van der Waals surface area contributed by atoms with Gasteiger partial charge in [-0.15, -0.1) is 0 Å². The zero-order chi connectivity index (χ0) is 24.4. The summed E-state index contributed by atoms with van der Waals surface area (Å²) in [4.78, 5) is 58.7. The van der Waals surface area contributed by atoms with Gasteiger partial charge in [0.25, 0.3) is 0 Å². The van der Waals surface area contributed by atoms with E-state index in [9.17, 15) is 29.1 Å². The number of aliphatic carboxylic acids is 2. The van der Waals surface area contributed by atoms with Crippen molar-refractivity contribution in [3.05, 3.63) is 29.8 Å². The molecule has 1 aromatic carbocycles. The number of aromatic hydroxyl groups is 1. The number of hydrogen-bond acceptors (Lipinski definition) is 8. The van der Waals surface area contributed by atoms with Gasteiger partial charge in [0.2, 0.25) is 17.7 Å². The molecule has 0 spiro atoms. The van der Waals surface area contributed by atoms with Crippen molar-refractivity contribution in [1.29, 1.82) is 0 Å². The highest BCUT2D eigenvalue weighted by molar-refractivity contribution is 7.80. The molecule has 0 bridgehead atoms. The lowest BCUT2D eigenvalue weighted by atomic mass is 10.1. The summed E-state index contributed by atoms with van der Waals surface area (Å²) in [5, 5.41) is 33.8. The van der Waals surface area contributed by atoms with E-state index < -0.39 is 60.2 Å². The molecule has 13 heteroatoms. The van der Waals surface area contributed by atoms with E-state index in [1.165, 1.54) is 19.1 Å². The smallest absolute Gasteiger partial charge is 0.326 e. The Kier molecular flexibility index (Phi) is 10.4. The van der Waals surface area contributed by atoms with Crippen molar-refractivity contribution >= 4 is 42.3 Å². The van der Waals surface area contributed by atoms with Crippen LogP contribution in [0.5, 0.6) is 5.75 Å². The van der Waals surface area contributed by atoms with Crippen LogP contribution in [0.3, 0.4) is 0 Å². The van der Waals surface area contributed by atoms with Crippen molar-refractivity contribution in [2.24, 2.45) is 5.73 Å². The number of benzene rings is 1.